The summed E-state index contributed by atoms with van der Waals surface area (Å²) in [4.78, 5) is 64.1. The summed E-state index contributed by atoms with van der Waals surface area (Å²) in [6.07, 6.45) is 2.54. The molecule has 2 aromatic heterocycles. The topological polar surface area (TPSA) is 145 Å². The molecule has 0 spiro atoms. The third-order valence-electron chi connectivity index (χ3n) is 7.85. The minimum absolute atomic E-state index is 0.0132. The fourth-order valence-corrected chi connectivity index (χ4v) is 7.32. The van der Waals surface area contributed by atoms with Gasteiger partial charge in [-0.1, -0.05) is 44.2 Å². The van der Waals surface area contributed by atoms with Gasteiger partial charge in [-0.25, -0.2) is 9.97 Å². The van der Waals surface area contributed by atoms with E-state index in [1.165, 1.54) is 22.7 Å². The van der Waals surface area contributed by atoms with Gasteiger partial charge in [-0.2, -0.15) is 0 Å². The summed E-state index contributed by atoms with van der Waals surface area (Å²) in [7, 11) is 0. The summed E-state index contributed by atoms with van der Waals surface area (Å²) in [5, 5.41) is 16.9. The fraction of sp³-hybridized carbons (Fsp3) is 0.484. The van der Waals surface area contributed by atoms with Gasteiger partial charge in [0.1, 0.15) is 21.4 Å². The van der Waals surface area contributed by atoms with Gasteiger partial charge in [0.2, 0.25) is 11.8 Å². The van der Waals surface area contributed by atoms with Crippen LogP contribution < -0.4 is 21.3 Å². The van der Waals surface area contributed by atoms with E-state index in [-0.39, 0.29) is 59.6 Å². The molecule has 4 bridgehead atoms. The van der Waals surface area contributed by atoms with Crippen molar-refractivity contribution in [2.24, 2.45) is 5.92 Å². The highest BCUT2D eigenvalue weighted by atomic mass is 32.1. The monoisotopic (exact) mass is 637 g/mol. The molecule has 1 fully saturated rings. The maximum atomic E-state index is 13.5. The number of nitrogens with zero attached hydrogens (tertiary/aromatic N) is 3. The molecule has 2 aliphatic rings. The van der Waals surface area contributed by atoms with Crippen LogP contribution in [0.1, 0.15) is 88.7 Å². The van der Waals surface area contributed by atoms with Crippen LogP contribution in [-0.2, 0) is 16.0 Å². The van der Waals surface area contributed by atoms with Crippen molar-refractivity contribution in [3.05, 3.63) is 68.1 Å². The molecule has 1 aromatic carbocycles. The molecule has 4 atom stereocenters. The Balaban J connectivity index is 1.44. The van der Waals surface area contributed by atoms with Crippen LogP contribution in [0.3, 0.4) is 0 Å². The van der Waals surface area contributed by atoms with E-state index in [1.807, 2.05) is 51.1 Å². The summed E-state index contributed by atoms with van der Waals surface area (Å²) < 4.78 is 0. The quantitative estimate of drug-likeness (QED) is 0.344. The molecular formula is C31H39N7O4S2. The Kier molecular flexibility index (Phi) is 10.4. The van der Waals surface area contributed by atoms with Gasteiger partial charge in [0.25, 0.3) is 11.8 Å². The molecule has 234 valence electrons. The zero-order valence-electron chi connectivity index (χ0n) is 25.2. The number of carbonyl (C=O) groups is 4. The molecule has 13 heteroatoms. The Morgan fingerprint density at radius 2 is 1.68 bits per heavy atom. The molecule has 1 saturated heterocycles. The second-order valence-electron chi connectivity index (χ2n) is 11.7. The average molecular weight is 638 g/mol. The van der Waals surface area contributed by atoms with Crippen LogP contribution in [0.15, 0.2) is 41.1 Å². The van der Waals surface area contributed by atoms with Crippen LogP contribution in [-0.4, -0.2) is 70.2 Å². The Morgan fingerprint density at radius 3 is 2.39 bits per heavy atom. The van der Waals surface area contributed by atoms with Gasteiger partial charge in [-0.3, -0.25) is 19.2 Å². The summed E-state index contributed by atoms with van der Waals surface area (Å²) in [6, 6.07) is 8.74. The van der Waals surface area contributed by atoms with Crippen LogP contribution in [0, 0.1) is 5.92 Å². The van der Waals surface area contributed by atoms with E-state index in [0.717, 1.165) is 12.0 Å². The molecule has 1 unspecified atom stereocenters. The maximum absolute atomic E-state index is 13.5. The minimum atomic E-state index is -0.498. The standard InChI is InChI=1S/C31H39N7O4S2/c1-18(2)26-30-36-23(16-44-30)27(40)32-12-7-13-38(31(42)21-11-10-19(3)33-21)15-25(39)34-22(14-20-8-5-4-6-9-20)29-35-24(17-43-29)28(41)37-26/h4-6,8-9,16-19,21-22,26,33H,7,10-15H2,1-3H3,(H,32,40)(H,34,39)(H,37,41)/t19-,21-,22?,26-/m0/s1. The largest absolute Gasteiger partial charge is 0.351 e. The lowest BCUT2D eigenvalue weighted by atomic mass is 10.0. The van der Waals surface area contributed by atoms with Gasteiger partial charge in [0.15, 0.2) is 0 Å². The van der Waals surface area contributed by atoms with Crippen molar-refractivity contribution in [3.63, 3.8) is 0 Å². The van der Waals surface area contributed by atoms with Crippen LogP contribution in [0.5, 0.6) is 0 Å². The van der Waals surface area contributed by atoms with Gasteiger partial charge < -0.3 is 26.2 Å². The van der Waals surface area contributed by atoms with E-state index in [9.17, 15) is 19.2 Å². The number of aromatic nitrogens is 2. The normalized spacial score (nSPS) is 23.7. The van der Waals surface area contributed by atoms with E-state index >= 15 is 0 Å². The Labute approximate surface area is 265 Å². The molecule has 5 rings (SSSR count). The highest BCUT2D eigenvalue weighted by Gasteiger charge is 2.32. The fourth-order valence-electron chi connectivity index (χ4n) is 5.45. The molecule has 4 N–H and O–H groups in total. The second kappa shape index (κ2) is 14.4. The number of benzene rings is 1. The molecule has 0 radical (unpaired) electrons. The highest BCUT2D eigenvalue weighted by Crippen LogP contribution is 2.27. The van der Waals surface area contributed by atoms with Gasteiger partial charge >= 0.3 is 0 Å². The van der Waals surface area contributed by atoms with Crippen LogP contribution in [0.25, 0.3) is 0 Å². The number of amides is 4. The first-order chi connectivity index (χ1) is 21.2. The summed E-state index contributed by atoms with van der Waals surface area (Å²) in [5.41, 5.74) is 1.53. The van der Waals surface area contributed by atoms with Crippen molar-refractivity contribution in [2.75, 3.05) is 19.6 Å². The lowest BCUT2D eigenvalue weighted by Gasteiger charge is -2.27. The van der Waals surface area contributed by atoms with Crippen LogP contribution in [0.4, 0.5) is 0 Å². The third kappa shape index (κ3) is 7.88. The molecule has 0 saturated carbocycles. The number of carbonyl (C=O) groups excluding carboxylic acids is 4. The van der Waals surface area contributed by atoms with Crippen molar-refractivity contribution in [1.82, 2.24) is 36.1 Å². The first-order valence-electron chi connectivity index (χ1n) is 15.1. The van der Waals surface area contributed by atoms with Gasteiger partial charge in [0.05, 0.1) is 24.7 Å². The number of nitrogens with one attached hydrogen (secondary N) is 4. The van der Waals surface area contributed by atoms with Gasteiger partial charge in [0, 0.05) is 29.9 Å². The van der Waals surface area contributed by atoms with E-state index in [0.29, 0.717) is 42.4 Å². The zero-order chi connectivity index (χ0) is 31.2. The minimum Gasteiger partial charge on any atom is -0.351 e. The van der Waals surface area contributed by atoms with Crippen LogP contribution in [0.2, 0.25) is 0 Å². The predicted molar refractivity (Wildman–Crippen MR) is 169 cm³/mol. The van der Waals surface area contributed by atoms with Crippen molar-refractivity contribution in [3.8, 4) is 0 Å². The molecule has 44 heavy (non-hydrogen) atoms. The molecule has 2 aliphatic heterocycles. The number of hydrogen-bond donors (Lipinski definition) is 4. The van der Waals surface area contributed by atoms with Crippen molar-refractivity contribution < 1.29 is 19.2 Å². The van der Waals surface area contributed by atoms with Crippen molar-refractivity contribution in [2.45, 2.75) is 70.6 Å². The predicted octanol–water partition coefficient (Wildman–Crippen LogP) is 3.23. The Morgan fingerprint density at radius 1 is 0.977 bits per heavy atom. The van der Waals surface area contributed by atoms with Crippen molar-refractivity contribution >= 4 is 46.3 Å². The number of rotatable bonds is 4. The average Bonchev–Trinajstić information content (AvgIpc) is 3.78. The molecule has 3 aromatic rings. The van der Waals surface area contributed by atoms with Crippen LogP contribution >= 0.6 is 22.7 Å². The molecule has 0 aliphatic carbocycles. The van der Waals surface area contributed by atoms with Gasteiger partial charge in [-0.15, -0.1) is 22.7 Å². The third-order valence-corrected chi connectivity index (χ3v) is 9.74. The van der Waals surface area contributed by atoms with Crippen molar-refractivity contribution in [1.29, 1.82) is 0 Å². The first-order valence-corrected chi connectivity index (χ1v) is 16.8. The van der Waals surface area contributed by atoms with E-state index in [4.69, 9.17) is 0 Å². The molecule has 11 nitrogen and oxygen atoms in total. The second-order valence-corrected chi connectivity index (χ2v) is 13.5. The smallest absolute Gasteiger partial charge is 0.271 e. The van der Waals surface area contributed by atoms with E-state index < -0.39 is 12.1 Å². The highest BCUT2D eigenvalue weighted by molar-refractivity contribution is 7.10. The van der Waals surface area contributed by atoms with E-state index in [2.05, 4.69) is 31.2 Å². The maximum Gasteiger partial charge on any atom is 0.271 e. The number of thiazole rings is 2. The number of hydrogen-bond acceptors (Lipinski definition) is 9. The first kappa shape index (κ1) is 31.7. The molecule has 4 amide bonds. The SMILES string of the molecule is CC(C)[C@@H]1NC(=O)c2csc(n2)C(Cc2ccccc2)NC(=O)CN(C(=O)[C@@H]2CC[C@H](C)N2)CCCNC(=O)c2csc1n2. The van der Waals surface area contributed by atoms with E-state index in [1.54, 1.807) is 15.7 Å². The number of fused-ring (bicyclic) bond motifs is 4. The summed E-state index contributed by atoms with van der Waals surface area (Å²) in [5.74, 6) is -1.11. The summed E-state index contributed by atoms with van der Waals surface area (Å²) in [6.45, 7) is 6.49. The molecular weight excluding hydrogens is 599 g/mol. The zero-order valence-corrected chi connectivity index (χ0v) is 26.8. The Bertz CT molecular complexity index is 1470. The van der Waals surface area contributed by atoms with Gasteiger partial charge in [-0.05, 0) is 44.1 Å². The Hall–Kier alpha value is -3.68. The lowest BCUT2D eigenvalue weighted by Crippen LogP contribution is -2.49. The summed E-state index contributed by atoms with van der Waals surface area (Å²) >= 11 is 2.63. The molecule has 4 heterocycles. The lowest BCUT2D eigenvalue weighted by molar-refractivity contribution is -0.137.